The second-order valence-corrected chi connectivity index (χ2v) is 11.0. The Morgan fingerprint density at radius 1 is 1.08 bits per heavy atom. The first-order valence-electron chi connectivity index (χ1n) is 12.5. The lowest BCUT2D eigenvalue weighted by Crippen LogP contribution is -2.48. The summed E-state index contributed by atoms with van der Waals surface area (Å²) in [4.78, 5) is 42.6. The first-order valence-corrected chi connectivity index (χ1v) is 13.8. The van der Waals surface area contributed by atoms with Gasteiger partial charge in [-0.2, -0.15) is 0 Å². The molecule has 0 aliphatic heterocycles. The summed E-state index contributed by atoms with van der Waals surface area (Å²) in [7, 11) is 0. The van der Waals surface area contributed by atoms with E-state index in [1.807, 2.05) is 18.4 Å². The van der Waals surface area contributed by atoms with E-state index in [9.17, 15) is 24.1 Å². The lowest BCUT2D eigenvalue weighted by Gasteiger charge is -2.35. The molecule has 10 heteroatoms. The van der Waals surface area contributed by atoms with E-state index < -0.39 is 10.8 Å². The fraction of sp³-hybridized carbons (Fsp3) is 0.357. The second kappa shape index (κ2) is 12.5. The van der Waals surface area contributed by atoms with Crippen LogP contribution in [-0.2, 0) is 17.9 Å². The lowest BCUT2D eigenvalue weighted by atomic mass is 9.93. The summed E-state index contributed by atoms with van der Waals surface area (Å²) >= 11 is 7.52. The topological polar surface area (TPSA) is 83.8 Å². The fourth-order valence-electron chi connectivity index (χ4n) is 4.74. The van der Waals surface area contributed by atoms with Gasteiger partial charge in [0.15, 0.2) is 0 Å². The average Bonchev–Trinajstić information content (AvgIpc) is 3.32. The maximum absolute atomic E-state index is 13.8. The van der Waals surface area contributed by atoms with Gasteiger partial charge in [-0.1, -0.05) is 43.0 Å². The van der Waals surface area contributed by atoms with Crippen LogP contribution in [-0.4, -0.2) is 39.1 Å². The summed E-state index contributed by atoms with van der Waals surface area (Å²) in [5.41, 5.74) is 1.62. The van der Waals surface area contributed by atoms with Gasteiger partial charge in [-0.3, -0.25) is 19.7 Å². The van der Waals surface area contributed by atoms with Crippen LogP contribution in [0.4, 0.5) is 10.1 Å². The number of halogens is 2. The van der Waals surface area contributed by atoms with Crippen molar-refractivity contribution in [3.8, 4) is 0 Å². The molecule has 1 heterocycles. The molecule has 1 saturated carbocycles. The monoisotopic (exact) mass is 557 g/mol. The van der Waals surface area contributed by atoms with Gasteiger partial charge in [0.25, 0.3) is 11.6 Å². The van der Waals surface area contributed by atoms with Gasteiger partial charge in [0.1, 0.15) is 17.4 Å². The van der Waals surface area contributed by atoms with Crippen molar-refractivity contribution in [2.24, 2.45) is 0 Å². The van der Waals surface area contributed by atoms with E-state index in [2.05, 4.69) is 0 Å². The first-order chi connectivity index (χ1) is 18.2. The van der Waals surface area contributed by atoms with Crippen molar-refractivity contribution < 1.29 is 18.9 Å². The maximum Gasteiger partial charge on any atom is 0.288 e. The van der Waals surface area contributed by atoms with Crippen LogP contribution in [0.3, 0.4) is 0 Å². The number of carbonyl (C=O) groups excluding carboxylic acids is 2. The number of benzene rings is 2. The Morgan fingerprint density at radius 2 is 1.79 bits per heavy atom. The number of nitro benzene ring substituents is 1. The van der Waals surface area contributed by atoms with Gasteiger partial charge >= 0.3 is 0 Å². The summed E-state index contributed by atoms with van der Waals surface area (Å²) in [5.74, 6) is -1.03. The molecule has 2 aromatic carbocycles. The highest BCUT2D eigenvalue weighted by molar-refractivity contribution is 7.10. The Bertz CT molecular complexity index is 1310. The third-order valence-corrected chi connectivity index (χ3v) is 8.24. The van der Waals surface area contributed by atoms with Gasteiger partial charge in [0.05, 0.1) is 11.5 Å². The van der Waals surface area contributed by atoms with Crippen molar-refractivity contribution in [3.63, 3.8) is 0 Å². The van der Waals surface area contributed by atoms with E-state index in [1.54, 1.807) is 33.3 Å². The van der Waals surface area contributed by atoms with E-state index in [1.165, 1.54) is 30.3 Å². The molecule has 0 bridgehead atoms. The molecule has 1 aliphatic rings. The molecule has 7 nitrogen and oxygen atoms in total. The van der Waals surface area contributed by atoms with Crippen molar-refractivity contribution in [1.29, 1.82) is 0 Å². The fourth-order valence-corrected chi connectivity index (χ4v) is 5.85. The molecule has 0 N–H and O–H groups in total. The van der Waals surface area contributed by atoms with Crippen molar-refractivity contribution >= 4 is 40.4 Å². The van der Waals surface area contributed by atoms with Crippen LogP contribution in [0.5, 0.6) is 0 Å². The van der Waals surface area contributed by atoms with Crippen LogP contribution in [0.1, 0.15) is 58.5 Å². The van der Waals surface area contributed by atoms with E-state index in [4.69, 9.17) is 11.6 Å². The maximum atomic E-state index is 13.8. The molecule has 38 heavy (non-hydrogen) atoms. The predicted molar refractivity (Wildman–Crippen MR) is 146 cm³/mol. The van der Waals surface area contributed by atoms with Crippen LogP contribution >= 0.6 is 22.9 Å². The van der Waals surface area contributed by atoms with Crippen molar-refractivity contribution in [2.45, 2.75) is 58.2 Å². The molecule has 1 aromatic heterocycles. The SMILES string of the molecule is Cc1ccsc1CN(Cc1ccc(F)cc1)C(=O)CN(C(=O)c1ccc(Cl)c([N+](=O)[O-])c1)C1CCCCC1. The number of amides is 2. The standard InChI is InChI=1S/C28H29ClFN3O4S/c1-19-13-14-38-26(19)17-31(16-20-7-10-22(30)11-8-20)27(34)18-32(23-5-3-2-4-6-23)28(35)21-9-12-24(29)25(15-21)33(36)37/h7-15,23H,2-6,16-18H2,1H3. The molecule has 1 aliphatic carbocycles. The molecule has 0 unspecified atom stereocenters. The zero-order valence-electron chi connectivity index (χ0n) is 21.1. The molecule has 4 rings (SSSR count). The highest BCUT2D eigenvalue weighted by Gasteiger charge is 2.31. The molecular weight excluding hydrogens is 529 g/mol. The smallest absolute Gasteiger partial charge is 0.288 e. The van der Waals surface area contributed by atoms with E-state index in [0.717, 1.165) is 48.1 Å². The van der Waals surface area contributed by atoms with Gasteiger partial charge < -0.3 is 9.80 Å². The largest absolute Gasteiger partial charge is 0.332 e. The average molecular weight is 558 g/mol. The molecular formula is C28H29ClFN3O4S. The zero-order valence-corrected chi connectivity index (χ0v) is 22.6. The summed E-state index contributed by atoms with van der Waals surface area (Å²) in [6.45, 7) is 2.44. The van der Waals surface area contributed by atoms with Gasteiger partial charge in [-0.25, -0.2) is 4.39 Å². The summed E-state index contributed by atoms with van der Waals surface area (Å²) < 4.78 is 13.5. The molecule has 3 aromatic rings. The van der Waals surface area contributed by atoms with Gasteiger partial charge in [-0.05, 0) is 66.6 Å². The number of nitro groups is 1. The summed E-state index contributed by atoms with van der Waals surface area (Å²) in [5, 5.41) is 13.3. The van der Waals surface area contributed by atoms with Gasteiger partial charge in [-0.15, -0.1) is 11.3 Å². The number of carbonyl (C=O) groups is 2. The number of aryl methyl sites for hydroxylation is 1. The minimum atomic E-state index is -0.622. The predicted octanol–water partition coefficient (Wildman–Crippen LogP) is 6.76. The minimum absolute atomic E-state index is 0.0522. The molecule has 200 valence electrons. The Balaban J connectivity index is 1.63. The summed E-state index contributed by atoms with van der Waals surface area (Å²) in [6, 6.07) is 11.8. The molecule has 0 spiro atoms. The quantitative estimate of drug-likeness (QED) is 0.215. The molecule has 1 fully saturated rings. The summed E-state index contributed by atoms with van der Waals surface area (Å²) in [6.07, 6.45) is 4.47. The van der Waals surface area contributed by atoms with E-state index in [-0.39, 0.29) is 47.1 Å². The highest BCUT2D eigenvalue weighted by Crippen LogP contribution is 2.29. The number of hydrogen-bond donors (Lipinski definition) is 0. The van der Waals surface area contributed by atoms with Crippen molar-refractivity contribution in [1.82, 2.24) is 9.80 Å². The highest BCUT2D eigenvalue weighted by atomic mass is 35.5. The third kappa shape index (κ3) is 6.76. The molecule has 0 radical (unpaired) electrons. The number of nitrogens with zero attached hydrogens (tertiary/aromatic N) is 3. The van der Waals surface area contributed by atoms with Crippen molar-refractivity contribution in [3.05, 3.63) is 96.4 Å². The third-order valence-electron chi connectivity index (χ3n) is 6.91. The number of hydrogen-bond acceptors (Lipinski definition) is 5. The number of rotatable bonds is 9. The van der Waals surface area contributed by atoms with Gasteiger partial charge in [0.2, 0.25) is 5.91 Å². The van der Waals surface area contributed by atoms with Crippen LogP contribution < -0.4 is 0 Å². The van der Waals surface area contributed by atoms with Crippen LogP contribution in [0.25, 0.3) is 0 Å². The van der Waals surface area contributed by atoms with Gasteiger partial charge in [0, 0.05) is 29.1 Å². The Labute approximate surface area is 230 Å². The van der Waals surface area contributed by atoms with E-state index >= 15 is 0 Å². The molecule has 0 saturated heterocycles. The Hall–Kier alpha value is -3.30. The second-order valence-electron chi connectivity index (χ2n) is 9.55. The minimum Gasteiger partial charge on any atom is -0.332 e. The zero-order chi connectivity index (χ0) is 27.2. The first kappa shape index (κ1) is 27.7. The van der Waals surface area contributed by atoms with Crippen LogP contribution in [0.15, 0.2) is 53.9 Å². The van der Waals surface area contributed by atoms with Crippen LogP contribution in [0.2, 0.25) is 5.02 Å². The Morgan fingerprint density at radius 3 is 2.42 bits per heavy atom. The lowest BCUT2D eigenvalue weighted by molar-refractivity contribution is -0.384. The van der Waals surface area contributed by atoms with Crippen LogP contribution in [0, 0.1) is 22.9 Å². The molecule has 2 amide bonds. The molecule has 0 atom stereocenters. The number of thiophene rings is 1. The van der Waals surface area contributed by atoms with E-state index in [0.29, 0.717) is 6.54 Å². The van der Waals surface area contributed by atoms with Crippen molar-refractivity contribution in [2.75, 3.05) is 6.54 Å². The normalized spacial score (nSPS) is 13.8. The Kier molecular flexibility index (Phi) is 9.12.